The van der Waals surface area contributed by atoms with Crippen LogP contribution in [0.5, 0.6) is 0 Å². The highest BCUT2D eigenvalue weighted by Crippen LogP contribution is 2.40. The number of imidazole rings is 1. The number of nitro groups is 1. The molecule has 40 heavy (non-hydrogen) atoms. The third-order valence-corrected chi connectivity index (χ3v) is 6.55. The molecule has 0 bridgehead atoms. The van der Waals surface area contributed by atoms with Gasteiger partial charge >= 0.3 is 11.9 Å². The van der Waals surface area contributed by atoms with Gasteiger partial charge in [-0.25, -0.2) is 14.6 Å². The highest BCUT2D eigenvalue weighted by atomic mass is 16.6. The molecule has 1 aliphatic rings. The summed E-state index contributed by atoms with van der Waals surface area (Å²) in [6.45, 7) is 5.98. The molecule has 3 aromatic rings. The van der Waals surface area contributed by atoms with E-state index >= 15 is 0 Å². The molecule has 1 N–H and O–H groups in total. The Kier molecular flexibility index (Phi) is 8.58. The van der Waals surface area contributed by atoms with Gasteiger partial charge in [-0.1, -0.05) is 42.5 Å². The lowest BCUT2D eigenvalue weighted by Crippen LogP contribution is -2.32. The molecule has 10 nitrogen and oxygen atoms in total. The van der Waals surface area contributed by atoms with Crippen molar-refractivity contribution in [3.8, 4) is 0 Å². The molecule has 1 atom stereocenters. The Balaban J connectivity index is 1.54. The Labute approximate surface area is 231 Å². The van der Waals surface area contributed by atoms with Gasteiger partial charge in [0, 0.05) is 42.5 Å². The molecule has 0 radical (unpaired) electrons. The average molecular weight is 543 g/mol. The van der Waals surface area contributed by atoms with Crippen LogP contribution in [0.3, 0.4) is 0 Å². The first kappa shape index (κ1) is 28.0. The van der Waals surface area contributed by atoms with Crippen molar-refractivity contribution >= 4 is 23.7 Å². The summed E-state index contributed by atoms with van der Waals surface area (Å²) in [5.41, 5.74) is 4.49. The SMILES string of the molecule is COC(=O)C1=C(C)NC(C)=C(C(=O)OCC(C)=Cc2ccc(Cn3ccnc3)cc2)C1c1cccc([N+](=O)[O-])c1. The second-order valence-electron chi connectivity index (χ2n) is 9.52. The van der Waals surface area contributed by atoms with Gasteiger partial charge in [0.05, 0.1) is 35.4 Å². The summed E-state index contributed by atoms with van der Waals surface area (Å²) in [6, 6.07) is 13.9. The monoisotopic (exact) mass is 542 g/mol. The van der Waals surface area contributed by atoms with E-state index in [0.717, 1.165) is 23.2 Å². The number of nitro benzene ring substituents is 1. The number of dihydropyridines is 1. The van der Waals surface area contributed by atoms with E-state index in [9.17, 15) is 19.7 Å². The van der Waals surface area contributed by atoms with E-state index in [-0.39, 0.29) is 23.4 Å². The summed E-state index contributed by atoms with van der Waals surface area (Å²) >= 11 is 0. The molecular weight excluding hydrogens is 512 g/mol. The molecule has 0 saturated heterocycles. The lowest BCUT2D eigenvalue weighted by Gasteiger charge is -2.30. The van der Waals surface area contributed by atoms with Crippen molar-refractivity contribution in [2.75, 3.05) is 13.7 Å². The lowest BCUT2D eigenvalue weighted by atomic mass is 9.80. The van der Waals surface area contributed by atoms with Crippen LogP contribution in [0, 0.1) is 10.1 Å². The van der Waals surface area contributed by atoms with E-state index < -0.39 is 22.8 Å². The number of aromatic nitrogens is 2. The molecule has 2 heterocycles. The first-order chi connectivity index (χ1) is 19.2. The fourth-order valence-corrected chi connectivity index (χ4v) is 4.69. The predicted molar refractivity (Wildman–Crippen MR) is 149 cm³/mol. The zero-order valence-electron chi connectivity index (χ0n) is 22.7. The quantitative estimate of drug-likeness (QED) is 0.230. The normalized spacial score (nSPS) is 15.5. The van der Waals surface area contributed by atoms with E-state index in [2.05, 4.69) is 10.3 Å². The number of carbonyl (C=O) groups is 2. The number of nitrogens with zero attached hydrogens (tertiary/aromatic N) is 3. The summed E-state index contributed by atoms with van der Waals surface area (Å²) in [4.78, 5) is 41.2. The maximum Gasteiger partial charge on any atom is 0.337 e. The number of hydrogen-bond acceptors (Lipinski definition) is 8. The smallest absolute Gasteiger partial charge is 0.337 e. The van der Waals surface area contributed by atoms with Crippen molar-refractivity contribution in [3.63, 3.8) is 0 Å². The molecular formula is C30H30N4O6. The molecule has 1 aliphatic heterocycles. The largest absolute Gasteiger partial charge is 0.466 e. The minimum Gasteiger partial charge on any atom is -0.466 e. The lowest BCUT2D eigenvalue weighted by molar-refractivity contribution is -0.384. The number of esters is 2. The highest BCUT2D eigenvalue weighted by Gasteiger charge is 2.38. The van der Waals surface area contributed by atoms with Gasteiger partial charge in [0.25, 0.3) is 5.69 Å². The van der Waals surface area contributed by atoms with Crippen molar-refractivity contribution in [3.05, 3.63) is 122 Å². The van der Waals surface area contributed by atoms with Crippen LogP contribution in [0.2, 0.25) is 0 Å². The van der Waals surface area contributed by atoms with E-state index in [4.69, 9.17) is 9.47 Å². The van der Waals surface area contributed by atoms with Gasteiger partial charge in [-0.05, 0) is 43.0 Å². The van der Waals surface area contributed by atoms with Crippen molar-refractivity contribution < 1.29 is 24.0 Å². The molecule has 0 amide bonds. The third kappa shape index (κ3) is 6.35. The summed E-state index contributed by atoms with van der Waals surface area (Å²) < 4.78 is 12.7. The molecule has 1 unspecified atom stereocenters. The van der Waals surface area contributed by atoms with Crippen LogP contribution in [-0.2, 0) is 25.6 Å². The second-order valence-corrected chi connectivity index (χ2v) is 9.52. The number of carbonyl (C=O) groups excluding carboxylic acids is 2. The maximum absolute atomic E-state index is 13.5. The zero-order valence-corrected chi connectivity index (χ0v) is 22.7. The Bertz CT molecular complexity index is 1520. The van der Waals surface area contributed by atoms with E-state index in [1.54, 1.807) is 32.4 Å². The van der Waals surface area contributed by atoms with Crippen molar-refractivity contribution in [2.24, 2.45) is 0 Å². The number of rotatable bonds is 9. The van der Waals surface area contributed by atoms with Crippen molar-refractivity contribution in [1.82, 2.24) is 14.9 Å². The third-order valence-electron chi connectivity index (χ3n) is 6.55. The van der Waals surface area contributed by atoms with Crippen LogP contribution in [0.25, 0.3) is 6.08 Å². The summed E-state index contributed by atoms with van der Waals surface area (Å²) in [6.07, 6.45) is 7.33. The van der Waals surface area contributed by atoms with Gasteiger partial charge < -0.3 is 19.4 Å². The van der Waals surface area contributed by atoms with Gasteiger partial charge in [-0.15, -0.1) is 0 Å². The summed E-state index contributed by atoms with van der Waals surface area (Å²) in [7, 11) is 1.24. The van der Waals surface area contributed by atoms with Gasteiger partial charge in [0.2, 0.25) is 0 Å². The first-order valence-electron chi connectivity index (χ1n) is 12.6. The number of non-ortho nitro benzene ring substituents is 1. The standard InChI is InChI=1S/C30H30N4O6/c1-19(14-22-8-10-23(11-9-22)16-33-13-12-31-18-33)17-40-30(36)27-21(3)32-20(2)26(29(35)39-4)28(27)24-6-5-7-25(15-24)34(37)38/h5-15,18,28,32H,16-17H2,1-4H3. The number of allylic oxidation sites excluding steroid dienone is 2. The Morgan fingerprint density at radius 3 is 2.42 bits per heavy atom. The number of hydrogen-bond donors (Lipinski definition) is 1. The van der Waals surface area contributed by atoms with Crippen LogP contribution in [-0.4, -0.2) is 40.1 Å². The van der Waals surface area contributed by atoms with Crippen molar-refractivity contribution in [2.45, 2.75) is 33.2 Å². The van der Waals surface area contributed by atoms with E-state index in [1.807, 2.05) is 48.0 Å². The van der Waals surface area contributed by atoms with Crippen LogP contribution >= 0.6 is 0 Å². The van der Waals surface area contributed by atoms with E-state index in [0.29, 0.717) is 17.0 Å². The molecule has 1 aromatic heterocycles. The van der Waals surface area contributed by atoms with Crippen molar-refractivity contribution in [1.29, 1.82) is 0 Å². The minimum absolute atomic E-state index is 0.0182. The molecule has 206 valence electrons. The van der Waals surface area contributed by atoms with Gasteiger partial charge in [-0.2, -0.15) is 0 Å². The second kappa shape index (κ2) is 12.2. The predicted octanol–water partition coefficient (Wildman–Crippen LogP) is 4.89. The van der Waals surface area contributed by atoms with Crippen LogP contribution in [0.15, 0.2) is 95.4 Å². The summed E-state index contributed by atoms with van der Waals surface area (Å²) in [5.74, 6) is -2.20. The minimum atomic E-state index is -0.909. The number of benzene rings is 2. The molecule has 4 rings (SSSR count). The Morgan fingerprint density at radius 2 is 1.80 bits per heavy atom. The Hall–Kier alpha value is -4.99. The number of nitrogens with one attached hydrogen (secondary N) is 1. The average Bonchev–Trinajstić information content (AvgIpc) is 3.45. The molecule has 0 aliphatic carbocycles. The summed E-state index contributed by atoms with van der Waals surface area (Å²) in [5, 5.41) is 14.5. The molecule has 0 saturated carbocycles. The Morgan fingerprint density at radius 1 is 1.10 bits per heavy atom. The fraction of sp³-hybridized carbons (Fsp3) is 0.233. The zero-order chi connectivity index (χ0) is 28.8. The molecule has 0 fully saturated rings. The fourth-order valence-electron chi connectivity index (χ4n) is 4.69. The number of methoxy groups -OCH3 is 1. The number of ether oxygens (including phenoxy) is 2. The molecule has 2 aromatic carbocycles. The maximum atomic E-state index is 13.5. The first-order valence-corrected chi connectivity index (χ1v) is 12.6. The topological polar surface area (TPSA) is 126 Å². The molecule has 0 spiro atoms. The highest BCUT2D eigenvalue weighted by molar-refractivity contribution is 6.00. The van der Waals surface area contributed by atoms with Gasteiger partial charge in [-0.3, -0.25) is 10.1 Å². The van der Waals surface area contributed by atoms with Gasteiger partial charge in [0.15, 0.2) is 0 Å². The van der Waals surface area contributed by atoms with E-state index in [1.165, 1.54) is 25.3 Å². The van der Waals surface area contributed by atoms with Crippen LogP contribution in [0.1, 0.15) is 43.4 Å². The molecule has 10 heteroatoms. The van der Waals surface area contributed by atoms with Crippen LogP contribution in [0.4, 0.5) is 5.69 Å². The van der Waals surface area contributed by atoms with Crippen LogP contribution < -0.4 is 5.32 Å². The van der Waals surface area contributed by atoms with Gasteiger partial charge in [0.1, 0.15) is 6.61 Å².